The number of hydrogen-bond acceptors (Lipinski definition) is 4. The minimum Gasteiger partial charge on any atom is -0.493 e. The van der Waals surface area contributed by atoms with E-state index in [2.05, 4.69) is 12.2 Å². The molecule has 1 N–H and O–H groups in total. The van der Waals surface area contributed by atoms with Gasteiger partial charge in [-0.1, -0.05) is 19.1 Å². The molecule has 0 radical (unpaired) electrons. The van der Waals surface area contributed by atoms with Crippen LogP contribution in [0.2, 0.25) is 0 Å². The van der Waals surface area contributed by atoms with Crippen LogP contribution in [0, 0.1) is 6.92 Å². The number of rotatable bonds is 8. The Kier molecular flexibility index (Phi) is 7.04. The molecular weight excluding hydrogens is 328 g/mol. The average molecular weight is 356 g/mol. The molecule has 0 aliphatic rings. The highest BCUT2D eigenvalue weighted by Crippen LogP contribution is 2.30. The van der Waals surface area contributed by atoms with Gasteiger partial charge in [0.25, 0.3) is 0 Å². The van der Waals surface area contributed by atoms with Crippen molar-refractivity contribution in [3.05, 3.63) is 53.1 Å². The van der Waals surface area contributed by atoms with Gasteiger partial charge in [0.15, 0.2) is 11.5 Å². The van der Waals surface area contributed by atoms with Gasteiger partial charge in [-0.25, -0.2) is 0 Å². The molecule has 0 heterocycles. The number of benzene rings is 2. The van der Waals surface area contributed by atoms with Crippen LogP contribution >= 0.6 is 0 Å². The summed E-state index contributed by atoms with van der Waals surface area (Å²) in [6.07, 6.45) is 0.988. The lowest BCUT2D eigenvalue weighted by molar-refractivity contribution is -0.117. The Bertz CT molecular complexity index is 742. The van der Waals surface area contributed by atoms with Crippen molar-refractivity contribution in [3.63, 3.8) is 0 Å². The SMILES string of the molecule is CCc1ccc(NC(=O)CN(C)Cc2cc(OC)c(OC)cc2C)cc1. The van der Waals surface area contributed by atoms with Crippen molar-refractivity contribution < 1.29 is 14.3 Å². The summed E-state index contributed by atoms with van der Waals surface area (Å²) in [7, 11) is 5.17. The van der Waals surface area contributed by atoms with Gasteiger partial charge in [-0.3, -0.25) is 9.69 Å². The minimum absolute atomic E-state index is 0.0325. The van der Waals surface area contributed by atoms with E-state index < -0.39 is 0 Å². The van der Waals surface area contributed by atoms with E-state index in [1.165, 1.54) is 5.56 Å². The Hall–Kier alpha value is -2.53. The standard InChI is InChI=1S/C21H28N2O3/c1-6-16-7-9-18(10-8-16)22-21(24)14-23(3)13-17-12-20(26-5)19(25-4)11-15(17)2/h7-12H,6,13-14H2,1-5H3,(H,22,24). The molecule has 0 unspecified atom stereocenters. The molecule has 0 aromatic heterocycles. The lowest BCUT2D eigenvalue weighted by atomic mass is 10.1. The number of carbonyl (C=O) groups is 1. The number of methoxy groups -OCH3 is 2. The van der Waals surface area contributed by atoms with Crippen LogP contribution < -0.4 is 14.8 Å². The van der Waals surface area contributed by atoms with Gasteiger partial charge >= 0.3 is 0 Å². The molecule has 1 amide bonds. The van der Waals surface area contributed by atoms with Crippen LogP contribution in [0.4, 0.5) is 5.69 Å². The fourth-order valence-corrected chi connectivity index (χ4v) is 2.81. The fourth-order valence-electron chi connectivity index (χ4n) is 2.81. The van der Waals surface area contributed by atoms with E-state index in [9.17, 15) is 4.79 Å². The second-order valence-corrected chi connectivity index (χ2v) is 6.40. The number of amides is 1. The molecule has 2 aromatic rings. The van der Waals surface area contributed by atoms with E-state index in [4.69, 9.17) is 9.47 Å². The molecule has 5 nitrogen and oxygen atoms in total. The summed E-state index contributed by atoms with van der Waals surface area (Å²) in [5.74, 6) is 1.38. The molecule has 0 bridgehead atoms. The Labute approximate surface area is 155 Å². The minimum atomic E-state index is -0.0325. The van der Waals surface area contributed by atoms with Crippen molar-refractivity contribution in [2.24, 2.45) is 0 Å². The van der Waals surface area contributed by atoms with Crippen LogP contribution in [-0.2, 0) is 17.8 Å². The predicted molar refractivity (Wildman–Crippen MR) is 105 cm³/mol. The summed E-state index contributed by atoms with van der Waals surface area (Å²) in [6, 6.07) is 11.9. The monoisotopic (exact) mass is 356 g/mol. The summed E-state index contributed by atoms with van der Waals surface area (Å²) < 4.78 is 10.7. The zero-order chi connectivity index (χ0) is 19.1. The Morgan fingerprint density at radius 3 is 2.27 bits per heavy atom. The van der Waals surface area contributed by atoms with E-state index in [-0.39, 0.29) is 5.91 Å². The molecule has 0 saturated heterocycles. The largest absolute Gasteiger partial charge is 0.493 e. The van der Waals surface area contributed by atoms with Crippen LogP contribution in [0.1, 0.15) is 23.6 Å². The van der Waals surface area contributed by atoms with E-state index in [1.54, 1.807) is 14.2 Å². The highest BCUT2D eigenvalue weighted by molar-refractivity contribution is 5.92. The van der Waals surface area contributed by atoms with Gasteiger partial charge in [0.2, 0.25) is 5.91 Å². The second kappa shape index (κ2) is 9.25. The quantitative estimate of drug-likeness (QED) is 0.784. The highest BCUT2D eigenvalue weighted by Gasteiger charge is 2.12. The molecule has 2 rings (SSSR count). The molecular formula is C21H28N2O3. The molecule has 0 aliphatic carbocycles. The first-order chi connectivity index (χ1) is 12.5. The van der Waals surface area contributed by atoms with E-state index in [0.717, 1.165) is 23.2 Å². The molecule has 2 aromatic carbocycles. The van der Waals surface area contributed by atoms with Crippen LogP contribution in [0.3, 0.4) is 0 Å². The van der Waals surface area contributed by atoms with Crippen LogP contribution in [0.25, 0.3) is 0 Å². The number of likely N-dealkylation sites (N-methyl/N-ethyl adjacent to an activating group) is 1. The van der Waals surface area contributed by atoms with Crippen molar-refractivity contribution in [2.75, 3.05) is 33.1 Å². The third-order valence-corrected chi connectivity index (χ3v) is 4.34. The zero-order valence-corrected chi connectivity index (χ0v) is 16.3. The van der Waals surface area contributed by atoms with Crippen LogP contribution in [-0.4, -0.2) is 38.6 Å². The Morgan fingerprint density at radius 2 is 1.69 bits per heavy atom. The summed E-state index contributed by atoms with van der Waals surface area (Å²) in [6.45, 7) is 5.09. The van der Waals surface area contributed by atoms with Gasteiger partial charge in [-0.05, 0) is 61.3 Å². The van der Waals surface area contributed by atoms with Crippen molar-refractivity contribution in [2.45, 2.75) is 26.8 Å². The average Bonchev–Trinajstić information content (AvgIpc) is 2.63. The van der Waals surface area contributed by atoms with Crippen molar-refractivity contribution in [3.8, 4) is 11.5 Å². The van der Waals surface area contributed by atoms with Gasteiger partial charge in [0.1, 0.15) is 0 Å². The molecule has 140 valence electrons. The third-order valence-electron chi connectivity index (χ3n) is 4.34. The highest BCUT2D eigenvalue weighted by atomic mass is 16.5. The molecule has 0 atom stereocenters. The summed E-state index contributed by atoms with van der Waals surface area (Å²) in [4.78, 5) is 14.3. The topological polar surface area (TPSA) is 50.8 Å². The maximum Gasteiger partial charge on any atom is 0.238 e. The fraction of sp³-hybridized carbons (Fsp3) is 0.381. The van der Waals surface area contributed by atoms with Crippen LogP contribution in [0.5, 0.6) is 11.5 Å². The van der Waals surface area contributed by atoms with Gasteiger partial charge in [-0.2, -0.15) is 0 Å². The number of hydrogen-bond donors (Lipinski definition) is 1. The maximum absolute atomic E-state index is 12.3. The number of aryl methyl sites for hydroxylation is 2. The Balaban J connectivity index is 1.97. The van der Waals surface area contributed by atoms with Gasteiger partial charge in [0.05, 0.1) is 20.8 Å². The number of nitrogens with one attached hydrogen (secondary N) is 1. The molecule has 0 aliphatic heterocycles. The molecule has 0 fully saturated rings. The van der Waals surface area contributed by atoms with Gasteiger partial charge in [-0.15, -0.1) is 0 Å². The first kappa shape index (κ1) is 19.8. The molecule has 0 saturated carbocycles. The molecule has 26 heavy (non-hydrogen) atoms. The van der Waals surface area contributed by atoms with Crippen LogP contribution in [0.15, 0.2) is 36.4 Å². The van der Waals surface area contributed by atoms with Crippen molar-refractivity contribution in [1.29, 1.82) is 0 Å². The molecule has 0 spiro atoms. The van der Waals surface area contributed by atoms with Crippen molar-refractivity contribution in [1.82, 2.24) is 4.90 Å². The van der Waals surface area contributed by atoms with E-state index in [0.29, 0.717) is 24.6 Å². The smallest absolute Gasteiger partial charge is 0.238 e. The van der Waals surface area contributed by atoms with Gasteiger partial charge in [0, 0.05) is 12.2 Å². The normalized spacial score (nSPS) is 10.7. The lowest BCUT2D eigenvalue weighted by Crippen LogP contribution is -2.30. The van der Waals surface area contributed by atoms with Crippen molar-refractivity contribution >= 4 is 11.6 Å². The number of ether oxygens (including phenoxy) is 2. The zero-order valence-electron chi connectivity index (χ0n) is 16.3. The number of nitrogens with zero attached hydrogens (tertiary/aromatic N) is 1. The Morgan fingerprint density at radius 1 is 1.08 bits per heavy atom. The first-order valence-electron chi connectivity index (χ1n) is 8.75. The number of carbonyl (C=O) groups excluding carboxylic acids is 1. The predicted octanol–water partition coefficient (Wildman–Crippen LogP) is 3.65. The second-order valence-electron chi connectivity index (χ2n) is 6.40. The summed E-state index contributed by atoms with van der Waals surface area (Å²) >= 11 is 0. The lowest BCUT2D eigenvalue weighted by Gasteiger charge is -2.19. The van der Waals surface area contributed by atoms with Gasteiger partial charge < -0.3 is 14.8 Å². The van der Waals surface area contributed by atoms with E-state index in [1.807, 2.05) is 55.3 Å². The third kappa shape index (κ3) is 5.23. The molecule has 5 heteroatoms. The summed E-state index contributed by atoms with van der Waals surface area (Å²) in [5, 5.41) is 2.94. The number of anilines is 1. The summed E-state index contributed by atoms with van der Waals surface area (Å²) in [5.41, 5.74) is 4.28. The van der Waals surface area contributed by atoms with E-state index >= 15 is 0 Å². The first-order valence-corrected chi connectivity index (χ1v) is 8.75. The maximum atomic E-state index is 12.3.